The van der Waals surface area contributed by atoms with Crippen LogP contribution in [0.4, 0.5) is 16.2 Å². The molecular formula is C19H15BrN2O2. The van der Waals surface area contributed by atoms with Gasteiger partial charge in [-0.05, 0) is 60.7 Å². The molecule has 0 aliphatic heterocycles. The highest BCUT2D eigenvalue weighted by molar-refractivity contribution is 9.10. The maximum absolute atomic E-state index is 12.0. The zero-order valence-electron chi connectivity index (χ0n) is 12.7. The smallest absolute Gasteiger partial charge is 0.323 e. The number of benzene rings is 3. The van der Waals surface area contributed by atoms with Gasteiger partial charge in [-0.3, -0.25) is 0 Å². The van der Waals surface area contributed by atoms with Crippen LogP contribution < -0.4 is 15.4 Å². The average Bonchev–Trinajstić information content (AvgIpc) is 2.60. The number of urea groups is 1. The third kappa shape index (κ3) is 4.60. The molecule has 0 heterocycles. The molecule has 0 bridgehead atoms. The van der Waals surface area contributed by atoms with Crippen molar-refractivity contribution in [2.24, 2.45) is 0 Å². The lowest BCUT2D eigenvalue weighted by Gasteiger charge is -2.09. The molecule has 0 radical (unpaired) electrons. The fraction of sp³-hybridized carbons (Fsp3) is 0. The van der Waals surface area contributed by atoms with Crippen molar-refractivity contribution < 1.29 is 9.53 Å². The molecule has 3 aromatic carbocycles. The predicted molar refractivity (Wildman–Crippen MR) is 99.7 cm³/mol. The van der Waals surface area contributed by atoms with E-state index in [0.717, 1.165) is 15.9 Å². The van der Waals surface area contributed by atoms with E-state index < -0.39 is 0 Å². The van der Waals surface area contributed by atoms with Crippen molar-refractivity contribution in [1.82, 2.24) is 0 Å². The van der Waals surface area contributed by atoms with Crippen LogP contribution >= 0.6 is 15.9 Å². The Kier molecular flexibility index (Phi) is 5.13. The molecule has 24 heavy (non-hydrogen) atoms. The molecule has 0 fully saturated rings. The van der Waals surface area contributed by atoms with Gasteiger partial charge in [-0.25, -0.2) is 4.79 Å². The Labute approximate surface area is 148 Å². The molecule has 2 N–H and O–H groups in total. The van der Waals surface area contributed by atoms with E-state index in [1.165, 1.54) is 0 Å². The fourth-order valence-electron chi connectivity index (χ4n) is 2.06. The molecule has 5 heteroatoms. The van der Waals surface area contributed by atoms with Crippen molar-refractivity contribution in [3.05, 3.63) is 83.3 Å². The van der Waals surface area contributed by atoms with Gasteiger partial charge in [-0.1, -0.05) is 34.1 Å². The number of hydrogen-bond donors (Lipinski definition) is 2. The second-order valence-corrected chi connectivity index (χ2v) is 5.94. The first-order valence-corrected chi connectivity index (χ1v) is 8.15. The van der Waals surface area contributed by atoms with Crippen molar-refractivity contribution >= 4 is 33.3 Å². The van der Waals surface area contributed by atoms with Crippen LogP contribution in [0.2, 0.25) is 0 Å². The van der Waals surface area contributed by atoms with Crippen LogP contribution in [0.1, 0.15) is 0 Å². The minimum absolute atomic E-state index is 0.297. The number of hydrogen-bond acceptors (Lipinski definition) is 2. The van der Waals surface area contributed by atoms with E-state index in [1.54, 1.807) is 12.1 Å². The van der Waals surface area contributed by atoms with Gasteiger partial charge in [0.1, 0.15) is 11.5 Å². The van der Waals surface area contributed by atoms with Gasteiger partial charge in [0.2, 0.25) is 0 Å². The Hall–Kier alpha value is -2.79. The molecule has 3 aromatic rings. The van der Waals surface area contributed by atoms with Crippen LogP contribution in [0.25, 0.3) is 0 Å². The van der Waals surface area contributed by atoms with Gasteiger partial charge in [0.25, 0.3) is 0 Å². The zero-order chi connectivity index (χ0) is 16.8. The van der Waals surface area contributed by atoms with E-state index in [-0.39, 0.29) is 6.03 Å². The van der Waals surface area contributed by atoms with E-state index in [2.05, 4.69) is 26.6 Å². The maximum atomic E-state index is 12.0. The molecule has 0 aromatic heterocycles. The minimum atomic E-state index is -0.297. The molecule has 0 saturated heterocycles. The number of carbonyl (C=O) groups is 1. The summed E-state index contributed by atoms with van der Waals surface area (Å²) in [6.45, 7) is 0. The Balaban J connectivity index is 1.57. The second kappa shape index (κ2) is 7.66. The minimum Gasteiger partial charge on any atom is -0.457 e. The van der Waals surface area contributed by atoms with Crippen LogP contribution in [0.3, 0.4) is 0 Å². The molecule has 3 rings (SSSR count). The summed E-state index contributed by atoms with van der Waals surface area (Å²) >= 11 is 3.36. The largest absolute Gasteiger partial charge is 0.457 e. The zero-order valence-corrected chi connectivity index (χ0v) is 14.3. The SMILES string of the molecule is O=C(Nc1ccc(Br)cc1)Nc1ccc(Oc2ccccc2)cc1. The normalized spacial score (nSPS) is 10.0. The highest BCUT2D eigenvalue weighted by atomic mass is 79.9. The molecule has 2 amide bonds. The molecule has 0 spiro atoms. The topological polar surface area (TPSA) is 50.4 Å². The second-order valence-electron chi connectivity index (χ2n) is 5.03. The predicted octanol–water partition coefficient (Wildman–Crippen LogP) is 5.89. The van der Waals surface area contributed by atoms with Gasteiger partial charge in [0, 0.05) is 15.8 Å². The Morgan fingerprint density at radius 2 is 1.21 bits per heavy atom. The van der Waals surface area contributed by atoms with Crippen molar-refractivity contribution in [3.8, 4) is 11.5 Å². The number of amides is 2. The lowest BCUT2D eigenvalue weighted by Crippen LogP contribution is -2.19. The molecule has 0 unspecified atom stereocenters. The summed E-state index contributed by atoms with van der Waals surface area (Å²) in [5, 5.41) is 5.55. The molecule has 4 nitrogen and oxygen atoms in total. The molecule has 0 aliphatic carbocycles. The van der Waals surface area contributed by atoms with Gasteiger partial charge in [-0.2, -0.15) is 0 Å². The first kappa shape index (κ1) is 16.1. The van der Waals surface area contributed by atoms with Crippen LogP contribution in [0, 0.1) is 0 Å². The molecule has 0 saturated carbocycles. The van der Waals surface area contributed by atoms with Gasteiger partial charge in [0.05, 0.1) is 0 Å². The molecule has 0 aliphatic rings. The highest BCUT2D eigenvalue weighted by Crippen LogP contribution is 2.22. The Morgan fingerprint density at radius 3 is 1.79 bits per heavy atom. The van der Waals surface area contributed by atoms with Crippen molar-refractivity contribution in [2.45, 2.75) is 0 Å². The number of rotatable bonds is 4. The number of ether oxygens (including phenoxy) is 1. The summed E-state index contributed by atoms with van der Waals surface area (Å²) < 4.78 is 6.67. The summed E-state index contributed by atoms with van der Waals surface area (Å²) in [7, 11) is 0. The van der Waals surface area contributed by atoms with Gasteiger partial charge < -0.3 is 15.4 Å². The molecule has 0 atom stereocenters. The average molecular weight is 383 g/mol. The summed E-state index contributed by atoms with van der Waals surface area (Å²) in [4.78, 5) is 12.0. The third-order valence-electron chi connectivity index (χ3n) is 3.19. The van der Waals surface area contributed by atoms with Gasteiger partial charge in [0.15, 0.2) is 0 Å². The monoisotopic (exact) mass is 382 g/mol. The molecular weight excluding hydrogens is 368 g/mol. The number of carbonyl (C=O) groups excluding carboxylic acids is 1. The van der Waals surface area contributed by atoms with Gasteiger partial charge in [-0.15, -0.1) is 0 Å². The van der Waals surface area contributed by atoms with Crippen LogP contribution in [-0.4, -0.2) is 6.03 Å². The standard InChI is InChI=1S/C19H15BrN2O2/c20-14-6-8-15(9-7-14)21-19(23)22-16-10-12-18(13-11-16)24-17-4-2-1-3-5-17/h1-13H,(H2,21,22,23). The number of para-hydroxylation sites is 1. The summed E-state index contributed by atoms with van der Waals surface area (Å²) in [6.07, 6.45) is 0. The lowest BCUT2D eigenvalue weighted by molar-refractivity contribution is 0.262. The van der Waals surface area contributed by atoms with Crippen LogP contribution in [0.5, 0.6) is 11.5 Å². The van der Waals surface area contributed by atoms with Crippen molar-refractivity contribution in [2.75, 3.05) is 10.6 Å². The molecule has 120 valence electrons. The summed E-state index contributed by atoms with van der Waals surface area (Å²) in [6, 6.07) is 23.8. The lowest BCUT2D eigenvalue weighted by atomic mass is 10.3. The summed E-state index contributed by atoms with van der Waals surface area (Å²) in [5.74, 6) is 1.48. The first-order valence-electron chi connectivity index (χ1n) is 7.35. The Morgan fingerprint density at radius 1 is 0.708 bits per heavy atom. The van der Waals surface area contributed by atoms with Crippen molar-refractivity contribution in [1.29, 1.82) is 0 Å². The maximum Gasteiger partial charge on any atom is 0.323 e. The number of halogens is 1. The van der Waals surface area contributed by atoms with E-state index in [4.69, 9.17) is 4.74 Å². The quantitative estimate of drug-likeness (QED) is 0.591. The van der Waals surface area contributed by atoms with E-state index in [0.29, 0.717) is 11.4 Å². The Bertz CT molecular complexity index is 803. The third-order valence-corrected chi connectivity index (χ3v) is 3.72. The van der Waals surface area contributed by atoms with Crippen LogP contribution in [-0.2, 0) is 0 Å². The van der Waals surface area contributed by atoms with Gasteiger partial charge >= 0.3 is 6.03 Å². The summed E-state index contributed by atoms with van der Waals surface area (Å²) in [5.41, 5.74) is 1.41. The van der Waals surface area contributed by atoms with Crippen molar-refractivity contribution in [3.63, 3.8) is 0 Å². The number of anilines is 2. The first-order chi connectivity index (χ1) is 11.7. The van der Waals surface area contributed by atoms with E-state index in [9.17, 15) is 4.79 Å². The highest BCUT2D eigenvalue weighted by Gasteiger charge is 2.03. The fourth-order valence-corrected chi connectivity index (χ4v) is 2.32. The number of nitrogens with one attached hydrogen (secondary N) is 2. The van der Waals surface area contributed by atoms with E-state index >= 15 is 0 Å². The van der Waals surface area contributed by atoms with Crippen LogP contribution in [0.15, 0.2) is 83.3 Å². The van der Waals surface area contributed by atoms with E-state index in [1.807, 2.05) is 66.7 Å².